The van der Waals surface area contributed by atoms with Crippen molar-refractivity contribution in [3.63, 3.8) is 0 Å². The molecule has 100 valence electrons. The Balaban J connectivity index is 1.80. The van der Waals surface area contributed by atoms with Crippen molar-refractivity contribution in [2.24, 2.45) is 16.8 Å². The maximum absolute atomic E-state index is 8.63. The lowest BCUT2D eigenvalue weighted by atomic mass is 10.1. The standard InChI is InChI=1S/C11H19N5OS/c1-9(10(12)14-17)8-15-3-5-16(6-4-15)11-13-2-7-18-11/h2,7,9,17H,3-6,8H2,1H3,(H2,12,14). The van der Waals surface area contributed by atoms with Crippen molar-refractivity contribution >= 4 is 22.3 Å². The van der Waals surface area contributed by atoms with Crippen molar-refractivity contribution in [1.82, 2.24) is 9.88 Å². The minimum atomic E-state index is 0.0846. The van der Waals surface area contributed by atoms with E-state index >= 15 is 0 Å². The fraction of sp³-hybridized carbons (Fsp3) is 0.636. The van der Waals surface area contributed by atoms with Crippen LogP contribution in [0.15, 0.2) is 16.7 Å². The molecule has 0 amide bonds. The number of anilines is 1. The lowest BCUT2D eigenvalue weighted by Crippen LogP contribution is -2.48. The molecule has 1 aliphatic rings. The van der Waals surface area contributed by atoms with E-state index in [1.807, 2.05) is 18.5 Å². The molecule has 0 saturated carbocycles. The quantitative estimate of drug-likeness (QED) is 0.363. The van der Waals surface area contributed by atoms with E-state index in [2.05, 4.69) is 19.9 Å². The summed E-state index contributed by atoms with van der Waals surface area (Å²) in [6.45, 7) is 6.75. The predicted molar refractivity (Wildman–Crippen MR) is 73.3 cm³/mol. The van der Waals surface area contributed by atoms with Crippen LogP contribution in [0.3, 0.4) is 0 Å². The van der Waals surface area contributed by atoms with Crippen LogP contribution in [0.2, 0.25) is 0 Å². The van der Waals surface area contributed by atoms with E-state index in [1.54, 1.807) is 11.3 Å². The zero-order chi connectivity index (χ0) is 13.0. The molecule has 3 N–H and O–H groups in total. The van der Waals surface area contributed by atoms with Gasteiger partial charge < -0.3 is 15.8 Å². The summed E-state index contributed by atoms with van der Waals surface area (Å²) < 4.78 is 0. The van der Waals surface area contributed by atoms with Gasteiger partial charge in [0.1, 0.15) is 5.84 Å². The van der Waals surface area contributed by atoms with Crippen molar-refractivity contribution in [3.05, 3.63) is 11.6 Å². The van der Waals surface area contributed by atoms with Gasteiger partial charge in [-0.2, -0.15) is 0 Å². The van der Waals surface area contributed by atoms with Crippen LogP contribution >= 0.6 is 11.3 Å². The highest BCUT2D eigenvalue weighted by Crippen LogP contribution is 2.19. The lowest BCUT2D eigenvalue weighted by molar-refractivity contribution is 0.240. The molecule has 6 nitrogen and oxygen atoms in total. The second-order valence-electron chi connectivity index (χ2n) is 4.53. The summed E-state index contributed by atoms with van der Waals surface area (Å²) in [5.41, 5.74) is 5.59. The van der Waals surface area contributed by atoms with Crippen molar-refractivity contribution < 1.29 is 5.21 Å². The van der Waals surface area contributed by atoms with E-state index in [0.717, 1.165) is 37.9 Å². The first-order chi connectivity index (χ1) is 8.70. The highest BCUT2D eigenvalue weighted by molar-refractivity contribution is 7.13. The molecule has 1 aromatic rings. The highest BCUT2D eigenvalue weighted by Gasteiger charge is 2.21. The molecule has 1 fully saturated rings. The van der Waals surface area contributed by atoms with E-state index in [9.17, 15) is 0 Å². The number of hydrogen-bond acceptors (Lipinski definition) is 6. The molecule has 0 bridgehead atoms. The molecule has 2 rings (SSSR count). The lowest BCUT2D eigenvalue weighted by Gasteiger charge is -2.35. The van der Waals surface area contributed by atoms with Crippen molar-refractivity contribution in [2.75, 3.05) is 37.6 Å². The number of oxime groups is 1. The molecule has 1 saturated heterocycles. The number of amidine groups is 1. The molecule has 1 unspecified atom stereocenters. The van der Waals surface area contributed by atoms with Crippen LogP contribution in [0.25, 0.3) is 0 Å². The number of piperazine rings is 1. The first kappa shape index (κ1) is 13.1. The van der Waals surface area contributed by atoms with Gasteiger partial charge >= 0.3 is 0 Å². The molecule has 0 aromatic carbocycles. The number of aromatic nitrogens is 1. The minimum Gasteiger partial charge on any atom is -0.409 e. The first-order valence-electron chi connectivity index (χ1n) is 6.05. The fourth-order valence-electron chi connectivity index (χ4n) is 2.07. The van der Waals surface area contributed by atoms with E-state index < -0.39 is 0 Å². The van der Waals surface area contributed by atoms with Crippen LogP contribution in [0.4, 0.5) is 5.13 Å². The largest absolute Gasteiger partial charge is 0.409 e. The Labute approximate surface area is 111 Å². The van der Waals surface area contributed by atoms with Crippen LogP contribution in [-0.2, 0) is 0 Å². The third kappa shape index (κ3) is 3.11. The number of thiazole rings is 1. The second kappa shape index (κ2) is 6.01. The molecular weight excluding hydrogens is 250 g/mol. The summed E-state index contributed by atoms with van der Waals surface area (Å²) in [7, 11) is 0. The van der Waals surface area contributed by atoms with Gasteiger partial charge in [-0.3, -0.25) is 4.90 Å². The third-order valence-corrected chi connectivity index (χ3v) is 4.05. The van der Waals surface area contributed by atoms with Crippen LogP contribution in [-0.4, -0.2) is 53.7 Å². The third-order valence-electron chi connectivity index (χ3n) is 3.21. The van der Waals surface area contributed by atoms with Crippen molar-refractivity contribution in [3.8, 4) is 0 Å². The van der Waals surface area contributed by atoms with Crippen molar-refractivity contribution in [1.29, 1.82) is 0 Å². The molecule has 1 aromatic heterocycles. The summed E-state index contributed by atoms with van der Waals surface area (Å²) in [6.07, 6.45) is 1.84. The maximum Gasteiger partial charge on any atom is 0.185 e. The van der Waals surface area contributed by atoms with E-state index in [0.29, 0.717) is 5.84 Å². The monoisotopic (exact) mass is 269 g/mol. The molecule has 1 atom stereocenters. The minimum absolute atomic E-state index is 0.0846. The summed E-state index contributed by atoms with van der Waals surface area (Å²) in [5.74, 6) is 0.388. The summed E-state index contributed by atoms with van der Waals surface area (Å²) >= 11 is 1.68. The molecule has 0 spiro atoms. The van der Waals surface area contributed by atoms with Gasteiger partial charge in [0.2, 0.25) is 0 Å². The first-order valence-corrected chi connectivity index (χ1v) is 6.93. The Morgan fingerprint density at radius 2 is 2.28 bits per heavy atom. The number of hydrogen-bond donors (Lipinski definition) is 2. The average molecular weight is 269 g/mol. The van der Waals surface area contributed by atoms with E-state index in [1.165, 1.54) is 0 Å². The van der Waals surface area contributed by atoms with Crippen LogP contribution < -0.4 is 10.6 Å². The zero-order valence-corrected chi connectivity index (χ0v) is 11.3. The number of nitrogens with two attached hydrogens (primary N) is 1. The summed E-state index contributed by atoms with van der Waals surface area (Å²) in [5, 5.41) is 14.8. The van der Waals surface area contributed by atoms with Crippen LogP contribution in [0, 0.1) is 5.92 Å². The molecular formula is C11H19N5OS. The Kier molecular flexibility index (Phi) is 4.38. The predicted octanol–water partition coefficient (Wildman–Crippen LogP) is 0.648. The summed E-state index contributed by atoms with van der Waals surface area (Å²) in [6, 6.07) is 0. The van der Waals surface area contributed by atoms with Crippen LogP contribution in [0.5, 0.6) is 0 Å². The zero-order valence-electron chi connectivity index (χ0n) is 10.5. The normalized spacial score (nSPS) is 20.1. The van der Waals surface area contributed by atoms with Crippen LogP contribution in [0.1, 0.15) is 6.92 Å². The summed E-state index contributed by atoms with van der Waals surface area (Å²) in [4.78, 5) is 8.96. The van der Waals surface area contributed by atoms with E-state index in [4.69, 9.17) is 10.9 Å². The Morgan fingerprint density at radius 1 is 1.56 bits per heavy atom. The second-order valence-corrected chi connectivity index (χ2v) is 5.40. The Hall–Kier alpha value is -1.34. The topological polar surface area (TPSA) is 78.0 Å². The highest BCUT2D eigenvalue weighted by atomic mass is 32.1. The van der Waals surface area contributed by atoms with Gasteiger partial charge in [0.25, 0.3) is 0 Å². The SMILES string of the molecule is CC(CN1CCN(c2nccs2)CC1)/C(N)=N/O. The molecule has 7 heteroatoms. The van der Waals surface area contributed by atoms with Gasteiger partial charge in [-0.25, -0.2) is 4.98 Å². The number of rotatable bonds is 4. The van der Waals surface area contributed by atoms with Crippen molar-refractivity contribution in [2.45, 2.75) is 6.92 Å². The fourth-order valence-corrected chi connectivity index (χ4v) is 2.77. The smallest absolute Gasteiger partial charge is 0.185 e. The Morgan fingerprint density at radius 3 is 2.83 bits per heavy atom. The number of nitrogens with zero attached hydrogens (tertiary/aromatic N) is 4. The van der Waals surface area contributed by atoms with Gasteiger partial charge in [-0.1, -0.05) is 12.1 Å². The van der Waals surface area contributed by atoms with Gasteiger partial charge in [-0.05, 0) is 0 Å². The molecule has 2 heterocycles. The molecule has 0 radical (unpaired) electrons. The maximum atomic E-state index is 8.63. The Bertz CT molecular complexity index is 386. The van der Waals surface area contributed by atoms with Gasteiger partial charge in [-0.15, -0.1) is 11.3 Å². The van der Waals surface area contributed by atoms with Gasteiger partial charge in [0.05, 0.1) is 0 Å². The molecule has 1 aliphatic heterocycles. The van der Waals surface area contributed by atoms with Gasteiger partial charge in [0, 0.05) is 50.2 Å². The molecule has 0 aliphatic carbocycles. The average Bonchev–Trinajstić information content (AvgIpc) is 2.92. The van der Waals surface area contributed by atoms with Gasteiger partial charge in [0.15, 0.2) is 5.13 Å². The van der Waals surface area contributed by atoms with E-state index in [-0.39, 0.29) is 5.92 Å². The molecule has 18 heavy (non-hydrogen) atoms.